The fourth-order valence-electron chi connectivity index (χ4n) is 2.18. The van der Waals surface area contributed by atoms with E-state index in [1.54, 1.807) is 6.92 Å². The lowest BCUT2D eigenvalue weighted by Gasteiger charge is -2.49. The topological polar surface area (TPSA) is 17.1 Å². The van der Waals surface area contributed by atoms with Crippen LogP contribution in [0.4, 0.5) is 0 Å². The molecule has 0 unspecified atom stereocenters. The molecule has 0 aliphatic carbocycles. The standard InChI is InChI=1S/C11H24OSi/c1-8(12)11(13,9(2,3)4)10(5,6)7/h1-7,13H3. The van der Waals surface area contributed by atoms with Gasteiger partial charge in [-0.1, -0.05) is 41.5 Å². The van der Waals surface area contributed by atoms with Crippen LogP contribution >= 0.6 is 0 Å². The van der Waals surface area contributed by atoms with Gasteiger partial charge >= 0.3 is 0 Å². The molecule has 0 rings (SSSR count). The molecule has 0 bridgehead atoms. The van der Waals surface area contributed by atoms with E-state index >= 15 is 0 Å². The molecular formula is C11H24OSi. The smallest absolute Gasteiger partial charge is 0.133 e. The average molecular weight is 200 g/mol. The highest BCUT2D eigenvalue weighted by Gasteiger charge is 2.49. The maximum Gasteiger partial charge on any atom is 0.133 e. The Hall–Kier alpha value is -0.113. The Morgan fingerprint density at radius 2 is 1.15 bits per heavy atom. The van der Waals surface area contributed by atoms with Crippen molar-refractivity contribution in [2.45, 2.75) is 53.5 Å². The highest BCUT2D eigenvalue weighted by Crippen LogP contribution is 2.55. The van der Waals surface area contributed by atoms with E-state index in [-0.39, 0.29) is 15.9 Å². The summed E-state index contributed by atoms with van der Waals surface area (Å²) in [5, 5.41) is -0.125. The largest absolute Gasteiger partial charge is 0.300 e. The summed E-state index contributed by atoms with van der Waals surface area (Å²) in [5.41, 5.74) is 0.145. The summed E-state index contributed by atoms with van der Waals surface area (Å²) in [4.78, 5) is 11.8. The molecular weight excluding hydrogens is 176 g/mol. The molecule has 0 spiro atoms. The highest BCUT2D eigenvalue weighted by atomic mass is 28.1. The van der Waals surface area contributed by atoms with Crippen LogP contribution in [-0.2, 0) is 4.79 Å². The van der Waals surface area contributed by atoms with Gasteiger partial charge in [-0.15, -0.1) is 0 Å². The molecule has 78 valence electrons. The molecule has 0 aliphatic heterocycles. The predicted octanol–water partition coefficient (Wildman–Crippen LogP) is 2.19. The van der Waals surface area contributed by atoms with Crippen LogP contribution in [0.2, 0.25) is 5.04 Å². The summed E-state index contributed by atoms with van der Waals surface area (Å²) in [5.74, 6) is 0.346. The first-order valence-electron chi connectivity index (χ1n) is 4.95. The molecule has 0 aliphatic rings. The summed E-state index contributed by atoms with van der Waals surface area (Å²) in [6.45, 7) is 14.8. The van der Waals surface area contributed by atoms with Crippen molar-refractivity contribution in [2.24, 2.45) is 10.8 Å². The van der Waals surface area contributed by atoms with Crippen molar-refractivity contribution in [1.82, 2.24) is 0 Å². The second-order valence-corrected chi connectivity index (χ2v) is 7.68. The van der Waals surface area contributed by atoms with Crippen LogP contribution in [0.5, 0.6) is 0 Å². The third kappa shape index (κ3) is 2.04. The molecule has 0 heterocycles. The van der Waals surface area contributed by atoms with E-state index in [1.165, 1.54) is 0 Å². The summed E-state index contributed by atoms with van der Waals surface area (Å²) in [6.07, 6.45) is 0. The van der Waals surface area contributed by atoms with E-state index in [0.717, 1.165) is 10.2 Å². The van der Waals surface area contributed by atoms with Gasteiger partial charge in [-0.05, 0) is 17.8 Å². The number of hydrogen-bond donors (Lipinski definition) is 0. The van der Waals surface area contributed by atoms with Crippen LogP contribution in [0.3, 0.4) is 0 Å². The lowest BCUT2D eigenvalue weighted by atomic mass is 9.63. The molecule has 0 aromatic rings. The van der Waals surface area contributed by atoms with Gasteiger partial charge in [0.05, 0.1) is 0 Å². The van der Waals surface area contributed by atoms with Gasteiger partial charge < -0.3 is 0 Å². The Labute approximate surface area is 85.7 Å². The van der Waals surface area contributed by atoms with Gasteiger partial charge in [-0.3, -0.25) is 4.79 Å². The van der Waals surface area contributed by atoms with E-state index in [1.807, 2.05) is 0 Å². The molecule has 0 aromatic heterocycles. The molecule has 0 amide bonds. The van der Waals surface area contributed by atoms with Gasteiger partial charge in [0.25, 0.3) is 0 Å². The van der Waals surface area contributed by atoms with Crippen molar-refractivity contribution in [3.63, 3.8) is 0 Å². The summed E-state index contributed by atoms with van der Waals surface area (Å²) >= 11 is 0. The quantitative estimate of drug-likeness (QED) is 0.593. The van der Waals surface area contributed by atoms with Gasteiger partial charge in [-0.2, -0.15) is 0 Å². The number of carbonyl (C=O) groups is 1. The van der Waals surface area contributed by atoms with Crippen LogP contribution in [-0.4, -0.2) is 16.0 Å². The number of Topliss-reactive ketones (excluding diaryl/α,β-unsaturated/α-hetero) is 1. The number of carbonyl (C=O) groups excluding carboxylic acids is 1. The van der Waals surface area contributed by atoms with Crippen LogP contribution in [0.25, 0.3) is 0 Å². The first-order chi connectivity index (χ1) is 5.44. The molecule has 0 radical (unpaired) electrons. The molecule has 0 N–H and O–H groups in total. The van der Waals surface area contributed by atoms with Crippen LogP contribution < -0.4 is 0 Å². The Bertz CT molecular complexity index is 191. The van der Waals surface area contributed by atoms with Crippen molar-refractivity contribution in [3.05, 3.63) is 0 Å². The lowest BCUT2D eigenvalue weighted by molar-refractivity contribution is -0.126. The van der Waals surface area contributed by atoms with Crippen molar-refractivity contribution in [2.75, 3.05) is 0 Å². The molecule has 0 atom stereocenters. The van der Waals surface area contributed by atoms with Crippen LogP contribution in [0.1, 0.15) is 48.5 Å². The van der Waals surface area contributed by atoms with E-state index in [9.17, 15) is 4.79 Å². The lowest BCUT2D eigenvalue weighted by Crippen LogP contribution is -2.45. The first-order valence-corrected chi connectivity index (χ1v) is 5.95. The van der Waals surface area contributed by atoms with E-state index in [2.05, 4.69) is 41.5 Å². The van der Waals surface area contributed by atoms with Crippen LogP contribution in [0.15, 0.2) is 0 Å². The first kappa shape index (κ1) is 12.9. The fourth-order valence-corrected chi connectivity index (χ4v) is 2.18. The van der Waals surface area contributed by atoms with Crippen molar-refractivity contribution < 1.29 is 4.79 Å². The Morgan fingerprint density at radius 3 is 1.15 bits per heavy atom. The predicted molar refractivity (Wildman–Crippen MR) is 62.2 cm³/mol. The highest BCUT2D eigenvalue weighted by molar-refractivity contribution is 6.29. The zero-order valence-corrected chi connectivity index (χ0v) is 12.4. The maximum absolute atomic E-state index is 11.8. The normalized spacial score (nSPS) is 14.7. The van der Waals surface area contributed by atoms with Gasteiger partial charge in [0.1, 0.15) is 5.78 Å². The number of rotatable bonds is 1. The third-order valence-electron chi connectivity index (χ3n) is 3.70. The summed E-state index contributed by atoms with van der Waals surface area (Å²) in [7, 11) is 0.921. The minimum Gasteiger partial charge on any atom is -0.300 e. The molecule has 0 saturated heterocycles. The molecule has 0 saturated carbocycles. The van der Waals surface area contributed by atoms with Crippen molar-refractivity contribution in [3.8, 4) is 0 Å². The van der Waals surface area contributed by atoms with E-state index in [0.29, 0.717) is 5.78 Å². The monoisotopic (exact) mass is 200 g/mol. The molecule has 0 fully saturated rings. The minimum atomic E-state index is -0.125. The molecule has 13 heavy (non-hydrogen) atoms. The van der Waals surface area contributed by atoms with Crippen LogP contribution in [0, 0.1) is 10.8 Å². The van der Waals surface area contributed by atoms with E-state index < -0.39 is 0 Å². The fraction of sp³-hybridized carbons (Fsp3) is 0.909. The second kappa shape index (κ2) is 3.23. The van der Waals surface area contributed by atoms with Gasteiger partial charge in [0.2, 0.25) is 0 Å². The van der Waals surface area contributed by atoms with E-state index in [4.69, 9.17) is 0 Å². The van der Waals surface area contributed by atoms with Gasteiger partial charge in [0, 0.05) is 15.3 Å². The second-order valence-electron chi connectivity index (χ2n) is 6.18. The van der Waals surface area contributed by atoms with Crippen molar-refractivity contribution in [1.29, 1.82) is 0 Å². The summed E-state index contributed by atoms with van der Waals surface area (Å²) in [6, 6.07) is 0. The Balaban J connectivity index is 5.35. The molecule has 0 aromatic carbocycles. The van der Waals surface area contributed by atoms with Gasteiger partial charge in [0.15, 0.2) is 0 Å². The maximum atomic E-state index is 11.8. The summed E-state index contributed by atoms with van der Waals surface area (Å²) < 4.78 is 0. The number of ketones is 1. The molecule has 1 nitrogen and oxygen atoms in total. The average Bonchev–Trinajstić information content (AvgIpc) is 1.80. The third-order valence-corrected chi connectivity index (χ3v) is 7.41. The number of hydrogen-bond acceptors (Lipinski definition) is 1. The van der Waals surface area contributed by atoms with Crippen molar-refractivity contribution >= 4 is 16.0 Å². The molecule has 2 heteroatoms. The zero-order valence-electron chi connectivity index (χ0n) is 10.4. The zero-order chi connectivity index (χ0) is 11.1. The SMILES string of the molecule is CC(=O)C([SiH3])(C(C)(C)C)C(C)(C)C. The minimum absolute atomic E-state index is 0.0727. The van der Waals surface area contributed by atoms with Gasteiger partial charge in [-0.25, -0.2) is 0 Å². The Kier molecular flexibility index (Phi) is 3.20. The Morgan fingerprint density at radius 1 is 0.923 bits per heavy atom.